The van der Waals surface area contributed by atoms with Crippen molar-refractivity contribution in [2.45, 2.75) is 6.92 Å². The van der Waals surface area contributed by atoms with Crippen molar-refractivity contribution in [1.82, 2.24) is 9.97 Å². The number of nitrogens with two attached hydrogens (primary N) is 1. The molecule has 0 atom stereocenters. The van der Waals surface area contributed by atoms with E-state index >= 15 is 0 Å². The SMILES string of the molecule is Cc1ccc(NC(N)=O)cc1Nc1ncc(-c2cccnc2)o1. The van der Waals surface area contributed by atoms with Crippen LogP contribution < -0.4 is 16.4 Å². The third-order valence-electron chi connectivity index (χ3n) is 3.20. The average molecular weight is 309 g/mol. The zero-order chi connectivity index (χ0) is 16.2. The number of pyridine rings is 1. The number of nitrogens with one attached hydrogen (secondary N) is 2. The fraction of sp³-hybridized carbons (Fsp3) is 0.0625. The highest BCUT2D eigenvalue weighted by Crippen LogP contribution is 2.27. The van der Waals surface area contributed by atoms with Gasteiger partial charge in [0, 0.05) is 29.3 Å². The van der Waals surface area contributed by atoms with Crippen LogP contribution in [0, 0.1) is 6.92 Å². The van der Waals surface area contributed by atoms with E-state index in [0.717, 1.165) is 16.8 Å². The van der Waals surface area contributed by atoms with E-state index in [1.165, 1.54) is 0 Å². The lowest BCUT2D eigenvalue weighted by molar-refractivity contribution is 0.259. The number of amides is 2. The van der Waals surface area contributed by atoms with Gasteiger partial charge in [-0.05, 0) is 36.8 Å². The maximum absolute atomic E-state index is 10.9. The van der Waals surface area contributed by atoms with Crippen molar-refractivity contribution in [2.75, 3.05) is 10.6 Å². The summed E-state index contributed by atoms with van der Waals surface area (Å²) < 4.78 is 5.68. The second-order valence-corrected chi connectivity index (χ2v) is 4.92. The minimum Gasteiger partial charge on any atom is -0.423 e. The highest BCUT2D eigenvalue weighted by atomic mass is 16.4. The van der Waals surface area contributed by atoms with Gasteiger partial charge in [-0.1, -0.05) is 6.07 Å². The molecular formula is C16H15N5O2. The molecule has 7 nitrogen and oxygen atoms in total. The van der Waals surface area contributed by atoms with Gasteiger partial charge >= 0.3 is 6.03 Å². The molecule has 116 valence electrons. The summed E-state index contributed by atoms with van der Waals surface area (Å²) in [5.74, 6) is 0.615. The van der Waals surface area contributed by atoms with Crippen LogP contribution in [0.15, 0.2) is 53.3 Å². The first-order chi connectivity index (χ1) is 11.1. The van der Waals surface area contributed by atoms with Crippen molar-refractivity contribution in [3.05, 3.63) is 54.5 Å². The number of aromatic nitrogens is 2. The number of urea groups is 1. The third-order valence-corrected chi connectivity index (χ3v) is 3.20. The number of aryl methyl sites for hydroxylation is 1. The number of benzene rings is 1. The topological polar surface area (TPSA) is 106 Å². The number of anilines is 3. The first kappa shape index (κ1) is 14.6. The predicted molar refractivity (Wildman–Crippen MR) is 87.4 cm³/mol. The molecule has 0 saturated heterocycles. The lowest BCUT2D eigenvalue weighted by Crippen LogP contribution is -2.19. The Labute approximate surface area is 132 Å². The summed E-state index contributed by atoms with van der Waals surface area (Å²) in [6, 6.07) is 8.83. The summed E-state index contributed by atoms with van der Waals surface area (Å²) in [5, 5.41) is 5.61. The van der Waals surface area contributed by atoms with Crippen LogP contribution in [0.2, 0.25) is 0 Å². The van der Waals surface area contributed by atoms with Crippen LogP contribution >= 0.6 is 0 Å². The Morgan fingerprint density at radius 1 is 1.26 bits per heavy atom. The second kappa shape index (κ2) is 6.18. The summed E-state index contributed by atoms with van der Waals surface area (Å²) in [5.41, 5.74) is 8.29. The molecule has 0 fully saturated rings. The molecule has 3 rings (SSSR count). The number of primary amides is 1. The molecule has 0 unspecified atom stereocenters. The third kappa shape index (κ3) is 3.46. The van der Waals surface area contributed by atoms with Gasteiger partial charge in [0.2, 0.25) is 0 Å². The van der Waals surface area contributed by atoms with E-state index < -0.39 is 6.03 Å². The summed E-state index contributed by atoms with van der Waals surface area (Å²) >= 11 is 0. The first-order valence-corrected chi connectivity index (χ1v) is 6.92. The highest BCUT2D eigenvalue weighted by molar-refractivity contribution is 5.88. The van der Waals surface area contributed by atoms with Crippen molar-refractivity contribution in [3.8, 4) is 11.3 Å². The monoisotopic (exact) mass is 309 g/mol. The minimum absolute atomic E-state index is 0.350. The molecular weight excluding hydrogens is 294 g/mol. The lowest BCUT2D eigenvalue weighted by Gasteiger charge is -2.09. The molecule has 0 saturated carbocycles. The predicted octanol–water partition coefficient (Wildman–Crippen LogP) is 3.28. The number of oxazole rings is 1. The average Bonchev–Trinajstić information content (AvgIpc) is 3.00. The molecule has 4 N–H and O–H groups in total. The quantitative estimate of drug-likeness (QED) is 0.685. The molecule has 3 aromatic rings. The van der Waals surface area contributed by atoms with Crippen molar-refractivity contribution in [2.24, 2.45) is 5.73 Å². The molecule has 0 spiro atoms. The van der Waals surface area contributed by atoms with Crippen molar-refractivity contribution < 1.29 is 9.21 Å². The van der Waals surface area contributed by atoms with E-state index in [1.807, 2.05) is 25.1 Å². The second-order valence-electron chi connectivity index (χ2n) is 4.92. The van der Waals surface area contributed by atoms with Crippen LogP contribution in [0.25, 0.3) is 11.3 Å². The Morgan fingerprint density at radius 3 is 2.87 bits per heavy atom. The Kier molecular flexibility index (Phi) is 3.92. The molecule has 2 amide bonds. The van der Waals surface area contributed by atoms with Crippen LogP contribution in [0.3, 0.4) is 0 Å². The summed E-state index contributed by atoms with van der Waals surface area (Å²) in [7, 11) is 0. The van der Waals surface area contributed by atoms with Gasteiger partial charge in [0.25, 0.3) is 6.01 Å². The minimum atomic E-state index is -0.616. The smallest absolute Gasteiger partial charge is 0.316 e. The number of carbonyl (C=O) groups excluding carboxylic acids is 1. The van der Waals surface area contributed by atoms with Crippen molar-refractivity contribution >= 4 is 23.4 Å². The maximum Gasteiger partial charge on any atom is 0.316 e. The maximum atomic E-state index is 10.9. The van der Waals surface area contributed by atoms with Crippen LogP contribution in [0.5, 0.6) is 0 Å². The summed E-state index contributed by atoms with van der Waals surface area (Å²) in [6.45, 7) is 1.93. The van der Waals surface area contributed by atoms with E-state index in [0.29, 0.717) is 17.5 Å². The number of hydrogen-bond donors (Lipinski definition) is 3. The molecule has 0 aliphatic heterocycles. The van der Waals surface area contributed by atoms with Crippen molar-refractivity contribution in [1.29, 1.82) is 0 Å². The van der Waals surface area contributed by atoms with E-state index in [4.69, 9.17) is 10.2 Å². The van der Waals surface area contributed by atoms with E-state index in [1.54, 1.807) is 30.7 Å². The number of nitrogens with zero attached hydrogens (tertiary/aromatic N) is 2. The highest BCUT2D eigenvalue weighted by Gasteiger charge is 2.09. The van der Waals surface area contributed by atoms with E-state index in [9.17, 15) is 4.79 Å². The molecule has 0 aliphatic carbocycles. The summed E-state index contributed by atoms with van der Waals surface area (Å²) in [4.78, 5) is 19.2. The molecule has 0 aliphatic rings. The van der Waals surface area contributed by atoms with Crippen LogP contribution in [0.1, 0.15) is 5.56 Å². The van der Waals surface area contributed by atoms with Crippen LogP contribution in [0.4, 0.5) is 22.2 Å². The Hall–Kier alpha value is -3.35. The van der Waals surface area contributed by atoms with E-state index in [-0.39, 0.29) is 0 Å². The molecule has 7 heteroatoms. The largest absolute Gasteiger partial charge is 0.423 e. The number of rotatable bonds is 4. The van der Waals surface area contributed by atoms with Crippen LogP contribution in [-0.2, 0) is 0 Å². The van der Waals surface area contributed by atoms with Gasteiger partial charge in [-0.15, -0.1) is 0 Å². The van der Waals surface area contributed by atoms with E-state index in [2.05, 4.69) is 20.6 Å². The van der Waals surface area contributed by atoms with Gasteiger partial charge in [-0.25, -0.2) is 9.78 Å². The fourth-order valence-electron chi connectivity index (χ4n) is 2.07. The Balaban J connectivity index is 1.82. The zero-order valence-electron chi connectivity index (χ0n) is 12.4. The van der Waals surface area contributed by atoms with Gasteiger partial charge in [-0.3, -0.25) is 4.98 Å². The molecule has 23 heavy (non-hydrogen) atoms. The van der Waals surface area contributed by atoms with Gasteiger partial charge in [0.1, 0.15) is 0 Å². The molecule has 2 heterocycles. The fourth-order valence-corrected chi connectivity index (χ4v) is 2.07. The molecule has 1 aromatic carbocycles. The van der Waals surface area contributed by atoms with Gasteiger partial charge in [0.05, 0.1) is 6.20 Å². The molecule has 0 bridgehead atoms. The molecule has 0 radical (unpaired) electrons. The Morgan fingerprint density at radius 2 is 2.13 bits per heavy atom. The first-order valence-electron chi connectivity index (χ1n) is 6.92. The van der Waals surface area contributed by atoms with Gasteiger partial charge < -0.3 is 20.8 Å². The standard InChI is InChI=1S/C16H15N5O2/c1-10-4-5-12(20-15(17)22)7-13(10)21-16-19-9-14(23-16)11-3-2-6-18-8-11/h2-9H,1H3,(H,19,21)(H3,17,20,22). The Bertz CT molecular complexity index is 829. The normalized spacial score (nSPS) is 10.3. The molecule has 2 aromatic heterocycles. The van der Waals surface area contributed by atoms with Crippen molar-refractivity contribution in [3.63, 3.8) is 0 Å². The van der Waals surface area contributed by atoms with Gasteiger partial charge in [0.15, 0.2) is 5.76 Å². The number of carbonyl (C=O) groups is 1. The lowest BCUT2D eigenvalue weighted by atomic mass is 10.2. The van der Waals surface area contributed by atoms with Gasteiger partial charge in [-0.2, -0.15) is 0 Å². The number of hydrogen-bond acceptors (Lipinski definition) is 5. The summed E-state index contributed by atoms with van der Waals surface area (Å²) in [6.07, 6.45) is 5.02. The van der Waals surface area contributed by atoms with Crippen LogP contribution in [-0.4, -0.2) is 16.0 Å². The zero-order valence-corrected chi connectivity index (χ0v) is 12.4.